The van der Waals surface area contributed by atoms with Gasteiger partial charge in [-0.05, 0) is 42.0 Å². The molecule has 0 saturated carbocycles. The van der Waals surface area contributed by atoms with Crippen LogP contribution in [-0.2, 0) is 5.75 Å². The van der Waals surface area contributed by atoms with Crippen molar-refractivity contribution in [2.24, 2.45) is 0 Å². The Balaban J connectivity index is 1.69. The molecule has 0 unspecified atom stereocenters. The third-order valence-corrected chi connectivity index (χ3v) is 5.11. The van der Waals surface area contributed by atoms with Crippen LogP contribution in [0.3, 0.4) is 0 Å². The van der Waals surface area contributed by atoms with Crippen molar-refractivity contribution < 1.29 is 4.74 Å². The van der Waals surface area contributed by atoms with Crippen LogP contribution in [0.15, 0.2) is 59.6 Å². The molecule has 0 atom stereocenters. The number of benzene rings is 2. The molecule has 0 saturated heterocycles. The van der Waals surface area contributed by atoms with Crippen LogP contribution in [0.5, 0.6) is 5.75 Å². The van der Waals surface area contributed by atoms with Crippen molar-refractivity contribution in [1.29, 1.82) is 0 Å². The molecule has 24 heavy (non-hydrogen) atoms. The number of thioether (sulfide) groups is 1. The number of rotatable bonds is 5. The van der Waals surface area contributed by atoms with E-state index in [9.17, 15) is 0 Å². The van der Waals surface area contributed by atoms with Crippen LogP contribution in [0.4, 0.5) is 0 Å². The third kappa shape index (κ3) is 4.20. The molecule has 0 aliphatic carbocycles. The van der Waals surface area contributed by atoms with Gasteiger partial charge in [-0.1, -0.05) is 53.2 Å². The molecule has 0 radical (unpaired) electrons. The minimum Gasteiger partial charge on any atom is -0.497 e. The predicted molar refractivity (Wildman–Crippen MR) is 100 cm³/mol. The topological polar surface area (TPSA) is 35.0 Å². The van der Waals surface area contributed by atoms with E-state index >= 15 is 0 Å². The van der Waals surface area contributed by atoms with Crippen LogP contribution < -0.4 is 4.74 Å². The van der Waals surface area contributed by atoms with Crippen molar-refractivity contribution in [3.8, 4) is 17.0 Å². The number of hydrogen-bond acceptors (Lipinski definition) is 4. The first kappa shape index (κ1) is 17.1. The van der Waals surface area contributed by atoms with E-state index in [4.69, 9.17) is 27.9 Å². The Bertz CT molecular complexity index is 841. The van der Waals surface area contributed by atoms with Gasteiger partial charge < -0.3 is 4.74 Å². The van der Waals surface area contributed by atoms with E-state index in [1.807, 2.05) is 48.5 Å². The first-order valence-electron chi connectivity index (χ1n) is 7.20. The molecule has 1 aromatic heterocycles. The zero-order valence-electron chi connectivity index (χ0n) is 12.9. The Kier molecular flexibility index (Phi) is 5.61. The van der Waals surface area contributed by atoms with Gasteiger partial charge in [0.25, 0.3) is 0 Å². The van der Waals surface area contributed by atoms with Gasteiger partial charge in [0.15, 0.2) is 0 Å². The summed E-state index contributed by atoms with van der Waals surface area (Å²) in [7, 11) is 1.65. The Labute approximate surface area is 155 Å². The Hall–Kier alpha value is -1.75. The lowest BCUT2D eigenvalue weighted by molar-refractivity contribution is 0.415. The van der Waals surface area contributed by atoms with Gasteiger partial charge in [0, 0.05) is 11.3 Å². The summed E-state index contributed by atoms with van der Waals surface area (Å²) in [5.41, 5.74) is 2.88. The largest absolute Gasteiger partial charge is 0.497 e. The van der Waals surface area contributed by atoms with Gasteiger partial charge in [-0.3, -0.25) is 0 Å². The summed E-state index contributed by atoms with van der Waals surface area (Å²) in [5.74, 6) is 1.55. The molecule has 6 heteroatoms. The molecular weight excluding hydrogens is 363 g/mol. The Morgan fingerprint density at radius 3 is 2.54 bits per heavy atom. The molecule has 3 rings (SSSR count). The zero-order chi connectivity index (χ0) is 16.9. The SMILES string of the molecule is COc1cccc(-c2ccc(SCc3ccc(Cl)c(Cl)c3)nn2)c1. The number of hydrogen-bond donors (Lipinski definition) is 0. The molecule has 0 amide bonds. The normalized spacial score (nSPS) is 10.6. The molecule has 0 spiro atoms. The van der Waals surface area contributed by atoms with E-state index in [2.05, 4.69) is 10.2 Å². The average molecular weight is 377 g/mol. The maximum absolute atomic E-state index is 6.03. The first-order chi connectivity index (χ1) is 11.7. The highest BCUT2D eigenvalue weighted by molar-refractivity contribution is 7.98. The first-order valence-corrected chi connectivity index (χ1v) is 8.95. The summed E-state index contributed by atoms with van der Waals surface area (Å²) in [6, 6.07) is 17.3. The Morgan fingerprint density at radius 1 is 0.958 bits per heavy atom. The number of halogens is 2. The smallest absolute Gasteiger partial charge is 0.119 e. The average Bonchev–Trinajstić information content (AvgIpc) is 2.63. The van der Waals surface area contributed by atoms with Crippen LogP contribution in [0.1, 0.15) is 5.56 Å². The van der Waals surface area contributed by atoms with Gasteiger partial charge in [0.1, 0.15) is 10.8 Å². The molecule has 1 heterocycles. The highest BCUT2D eigenvalue weighted by atomic mass is 35.5. The molecule has 3 nitrogen and oxygen atoms in total. The molecule has 0 fully saturated rings. The number of methoxy groups -OCH3 is 1. The second-order valence-corrected chi connectivity index (χ2v) is 6.84. The lowest BCUT2D eigenvalue weighted by Crippen LogP contribution is -1.91. The molecule has 0 aliphatic heterocycles. The van der Waals surface area contributed by atoms with Gasteiger partial charge in [0.05, 0.1) is 22.8 Å². The lowest BCUT2D eigenvalue weighted by Gasteiger charge is -2.05. The lowest BCUT2D eigenvalue weighted by atomic mass is 10.1. The maximum Gasteiger partial charge on any atom is 0.119 e. The Morgan fingerprint density at radius 2 is 1.83 bits per heavy atom. The second kappa shape index (κ2) is 7.88. The summed E-state index contributed by atoms with van der Waals surface area (Å²) in [6.45, 7) is 0. The highest BCUT2D eigenvalue weighted by Crippen LogP contribution is 2.28. The molecule has 0 bridgehead atoms. The number of ether oxygens (including phenoxy) is 1. The molecule has 122 valence electrons. The van der Waals surface area contributed by atoms with Crippen molar-refractivity contribution in [3.63, 3.8) is 0 Å². The summed E-state index contributed by atoms with van der Waals surface area (Å²) < 4.78 is 5.23. The van der Waals surface area contributed by atoms with E-state index in [-0.39, 0.29) is 0 Å². The summed E-state index contributed by atoms with van der Waals surface area (Å²) in [4.78, 5) is 0. The van der Waals surface area contributed by atoms with Gasteiger partial charge in [-0.15, -0.1) is 10.2 Å². The fraction of sp³-hybridized carbons (Fsp3) is 0.111. The van der Waals surface area contributed by atoms with Gasteiger partial charge in [-0.25, -0.2) is 0 Å². The maximum atomic E-state index is 6.03. The van der Waals surface area contributed by atoms with Crippen LogP contribution in [-0.4, -0.2) is 17.3 Å². The third-order valence-electron chi connectivity index (χ3n) is 3.38. The second-order valence-electron chi connectivity index (χ2n) is 5.03. The number of nitrogens with zero attached hydrogens (tertiary/aromatic N) is 2. The van der Waals surface area contributed by atoms with Crippen LogP contribution >= 0.6 is 35.0 Å². The summed E-state index contributed by atoms with van der Waals surface area (Å²) >= 11 is 13.6. The molecule has 3 aromatic rings. The standard InChI is InChI=1S/C18H14Cl2N2OS/c1-23-14-4-2-3-13(10-14)17-7-8-18(22-21-17)24-11-12-5-6-15(19)16(20)9-12/h2-10H,11H2,1H3. The fourth-order valence-corrected chi connectivity index (χ4v) is 3.20. The fourth-order valence-electron chi connectivity index (χ4n) is 2.12. The number of aromatic nitrogens is 2. The van der Waals surface area contributed by atoms with Crippen molar-refractivity contribution >= 4 is 35.0 Å². The molecular formula is C18H14Cl2N2OS. The minimum atomic E-state index is 0.563. The summed E-state index contributed by atoms with van der Waals surface area (Å²) in [5, 5.41) is 10.6. The van der Waals surface area contributed by atoms with Crippen LogP contribution in [0.25, 0.3) is 11.3 Å². The predicted octanol–water partition coefficient (Wildman–Crippen LogP) is 5.75. The molecule has 0 N–H and O–H groups in total. The van der Waals surface area contributed by atoms with E-state index in [1.165, 1.54) is 0 Å². The van der Waals surface area contributed by atoms with Gasteiger partial charge in [-0.2, -0.15) is 0 Å². The van der Waals surface area contributed by atoms with Gasteiger partial charge in [0.2, 0.25) is 0 Å². The van der Waals surface area contributed by atoms with E-state index in [1.54, 1.807) is 24.9 Å². The van der Waals surface area contributed by atoms with Gasteiger partial charge >= 0.3 is 0 Å². The monoisotopic (exact) mass is 376 g/mol. The molecule has 0 aliphatic rings. The van der Waals surface area contributed by atoms with E-state index in [0.717, 1.165) is 33.3 Å². The van der Waals surface area contributed by atoms with E-state index in [0.29, 0.717) is 10.0 Å². The highest BCUT2D eigenvalue weighted by Gasteiger charge is 2.05. The van der Waals surface area contributed by atoms with Crippen molar-refractivity contribution in [1.82, 2.24) is 10.2 Å². The van der Waals surface area contributed by atoms with Crippen LogP contribution in [0.2, 0.25) is 10.0 Å². The van der Waals surface area contributed by atoms with Crippen molar-refractivity contribution in [2.75, 3.05) is 7.11 Å². The summed E-state index contributed by atoms with van der Waals surface area (Å²) in [6.07, 6.45) is 0. The zero-order valence-corrected chi connectivity index (χ0v) is 15.2. The van der Waals surface area contributed by atoms with Crippen molar-refractivity contribution in [2.45, 2.75) is 10.8 Å². The van der Waals surface area contributed by atoms with Crippen molar-refractivity contribution in [3.05, 3.63) is 70.2 Å². The quantitative estimate of drug-likeness (QED) is 0.530. The molecule has 2 aromatic carbocycles. The van der Waals surface area contributed by atoms with Crippen LogP contribution in [0, 0.1) is 0 Å². The minimum absolute atomic E-state index is 0.563. The van der Waals surface area contributed by atoms with E-state index < -0.39 is 0 Å².